The van der Waals surface area contributed by atoms with E-state index in [1.165, 1.54) is 19.0 Å². The molecule has 0 unspecified atom stereocenters. The van der Waals surface area contributed by atoms with Crippen LogP contribution in [0.25, 0.3) is 0 Å². The largest absolute Gasteiger partial charge is 0.324 e. The molecule has 130 valence electrons. The summed E-state index contributed by atoms with van der Waals surface area (Å²) in [5, 5.41) is 13.6. The van der Waals surface area contributed by atoms with Gasteiger partial charge in [-0.2, -0.15) is 5.10 Å². The molecule has 0 bridgehead atoms. The first-order chi connectivity index (χ1) is 11.7. The Labute approximate surface area is 142 Å². The predicted octanol–water partition coefficient (Wildman–Crippen LogP) is 3.51. The Bertz CT molecular complexity index is 531. The van der Waals surface area contributed by atoms with E-state index in [2.05, 4.69) is 20.8 Å². The molecule has 2 fully saturated rings. The molecule has 6 nitrogen and oxygen atoms in total. The van der Waals surface area contributed by atoms with Gasteiger partial charge in [-0.15, -0.1) is 5.10 Å². The van der Waals surface area contributed by atoms with E-state index >= 15 is 0 Å². The molecule has 2 N–H and O–H groups in total. The van der Waals surface area contributed by atoms with Crippen LogP contribution >= 0.6 is 0 Å². The second-order valence-corrected chi connectivity index (χ2v) is 6.98. The van der Waals surface area contributed by atoms with Gasteiger partial charge in [0.1, 0.15) is 0 Å². The topological polar surface area (TPSA) is 84.0 Å². The lowest BCUT2D eigenvalue weighted by Crippen LogP contribution is -2.26. The molecule has 1 heterocycles. The van der Waals surface area contributed by atoms with Crippen molar-refractivity contribution in [1.29, 1.82) is 0 Å². The van der Waals surface area contributed by atoms with Crippen LogP contribution < -0.4 is 10.6 Å². The van der Waals surface area contributed by atoms with Gasteiger partial charge in [0.15, 0.2) is 5.82 Å². The molecule has 2 saturated carbocycles. The predicted molar refractivity (Wildman–Crippen MR) is 92.4 cm³/mol. The normalized spacial score (nSPS) is 19.7. The van der Waals surface area contributed by atoms with Crippen LogP contribution in [0.5, 0.6) is 0 Å². The Balaban J connectivity index is 1.57. The molecule has 2 amide bonds. The van der Waals surface area contributed by atoms with Gasteiger partial charge in [-0.3, -0.25) is 9.59 Å². The summed E-state index contributed by atoms with van der Waals surface area (Å²) >= 11 is 0. The molecule has 0 spiro atoms. The van der Waals surface area contributed by atoms with E-state index < -0.39 is 0 Å². The third kappa shape index (κ3) is 4.52. The van der Waals surface area contributed by atoms with Crippen molar-refractivity contribution in [3.05, 3.63) is 12.3 Å². The van der Waals surface area contributed by atoms with Crippen molar-refractivity contribution in [2.24, 2.45) is 11.8 Å². The van der Waals surface area contributed by atoms with Crippen molar-refractivity contribution < 1.29 is 9.59 Å². The maximum absolute atomic E-state index is 12.3. The standard InChI is InChI=1S/C18H26N4O2/c23-17(13-7-3-1-4-8-13)20-15-11-16(22-19-12-15)21-18(24)14-9-5-2-6-10-14/h11-14H,1-10H2,(H2,20,21,22,23,24). The average Bonchev–Trinajstić information content (AvgIpc) is 2.63. The number of hydrogen-bond donors (Lipinski definition) is 2. The molecule has 6 heteroatoms. The van der Waals surface area contributed by atoms with Crippen LogP contribution in [0.3, 0.4) is 0 Å². The maximum atomic E-state index is 12.3. The van der Waals surface area contributed by atoms with E-state index in [9.17, 15) is 9.59 Å². The highest BCUT2D eigenvalue weighted by molar-refractivity contribution is 5.94. The molecular weight excluding hydrogens is 304 g/mol. The van der Waals surface area contributed by atoms with Crippen LogP contribution in [-0.4, -0.2) is 22.0 Å². The van der Waals surface area contributed by atoms with E-state index in [4.69, 9.17) is 0 Å². The van der Waals surface area contributed by atoms with Gasteiger partial charge in [0.25, 0.3) is 0 Å². The number of carbonyl (C=O) groups excluding carboxylic acids is 2. The molecule has 1 aromatic heterocycles. The minimum absolute atomic E-state index is 0.0137. The first kappa shape index (κ1) is 16.9. The maximum Gasteiger partial charge on any atom is 0.228 e. The first-order valence-electron chi connectivity index (χ1n) is 9.17. The van der Waals surface area contributed by atoms with Crippen LogP contribution in [0.15, 0.2) is 12.3 Å². The number of carbonyl (C=O) groups is 2. The van der Waals surface area contributed by atoms with E-state index in [1.54, 1.807) is 6.07 Å². The third-order valence-corrected chi connectivity index (χ3v) is 5.13. The molecule has 0 atom stereocenters. The molecule has 0 radical (unpaired) electrons. The van der Waals surface area contributed by atoms with Gasteiger partial charge < -0.3 is 10.6 Å². The van der Waals surface area contributed by atoms with Gasteiger partial charge in [0.05, 0.1) is 11.9 Å². The molecular formula is C18H26N4O2. The first-order valence-corrected chi connectivity index (χ1v) is 9.17. The van der Waals surface area contributed by atoms with E-state index in [1.807, 2.05) is 0 Å². The van der Waals surface area contributed by atoms with Gasteiger partial charge in [-0.1, -0.05) is 38.5 Å². The zero-order valence-corrected chi connectivity index (χ0v) is 14.1. The summed E-state index contributed by atoms with van der Waals surface area (Å²) in [5.74, 6) is 0.632. The number of amides is 2. The molecule has 2 aliphatic carbocycles. The van der Waals surface area contributed by atoms with Crippen molar-refractivity contribution in [3.8, 4) is 0 Å². The Hall–Kier alpha value is -1.98. The minimum Gasteiger partial charge on any atom is -0.324 e. The summed E-state index contributed by atoms with van der Waals surface area (Å²) in [5.41, 5.74) is 0.597. The lowest BCUT2D eigenvalue weighted by molar-refractivity contribution is -0.121. The third-order valence-electron chi connectivity index (χ3n) is 5.13. The summed E-state index contributed by atoms with van der Waals surface area (Å²) < 4.78 is 0. The zero-order chi connectivity index (χ0) is 16.8. The highest BCUT2D eigenvalue weighted by Gasteiger charge is 2.23. The van der Waals surface area contributed by atoms with Gasteiger partial charge >= 0.3 is 0 Å². The monoisotopic (exact) mass is 330 g/mol. The Morgan fingerprint density at radius 2 is 1.38 bits per heavy atom. The fourth-order valence-corrected chi connectivity index (χ4v) is 3.70. The molecule has 0 aromatic carbocycles. The molecule has 3 rings (SSSR count). The number of aromatic nitrogens is 2. The molecule has 1 aromatic rings. The van der Waals surface area contributed by atoms with Crippen LogP contribution in [-0.2, 0) is 9.59 Å². The van der Waals surface area contributed by atoms with Crippen molar-refractivity contribution >= 4 is 23.3 Å². The van der Waals surface area contributed by atoms with Crippen LogP contribution in [0.1, 0.15) is 64.2 Å². The number of hydrogen-bond acceptors (Lipinski definition) is 4. The van der Waals surface area contributed by atoms with Crippen molar-refractivity contribution in [1.82, 2.24) is 10.2 Å². The van der Waals surface area contributed by atoms with Crippen LogP contribution in [0, 0.1) is 11.8 Å². The van der Waals surface area contributed by atoms with Crippen LogP contribution in [0.2, 0.25) is 0 Å². The summed E-state index contributed by atoms with van der Waals surface area (Å²) in [6.07, 6.45) is 12.2. The van der Waals surface area contributed by atoms with Crippen molar-refractivity contribution in [2.45, 2.75) is 64.2 Å². The molecule has 2 aliphatic rings. The number of nitrogens with one attached hydrogen (secondary N) is 2. The van der Waals surface area contributed by atoms with Gasteiger partial charge in [0, 0.05) is 17.9 Å². The van der Waals surface area contributed by atoms with Crippen molar-refractivity contribution in [2.75, 3.05) is 10.6 Å². The summed E-state index contributed by atoms with van der Waals surface area (Å²) in [7, 11) is 0. The molecule has 24 heavy (non-hydrogen) atoms. The molecule has 0 aliphatic heterocycles. The second-order valence-electron chi connectivity index (χ2n) is 6.98. The quantitative estimate of drug-likeness (QED) is 0.885. The fourth-order valence-electron chi connectivity index (χ4n) is 3.70. The van der Waals surface area contributed by atoms with Crippen LogP contribution in [0.4, 0.5) is 11.5 Å². The lowest BCUT2D eigenvalue weighted by Gasteiger charge is -2.21. The van der Waals surface area contributed by atoms with Gasteiger partial charge in [-0.05, 0) is 25.7 Å². The number of anilines is 2. The lowest BCUT2D eigenvalue weighted by atomic mass is 9.88. The molecule has 0 saturated heterocycles. The Kier molecular flexibility index (Phi) is 5.77. The summed E-state index contributed by atoms with van der Waals surface area (Å²) in [4.78, 5) is 24.6. The summed E-state index contributed by atoms with van der Waals surface area (Å²) in [6, 6.07) is 1.69. The highest BCUT2D eigenvalue weighted by atomic mass is 16.2. The Morgan fingerprint density at radius 3 is 1.96 bits per heavy atom. The average molecular weight is 330 g/mol. The van der Waals surface area contributed by atoms with Crippen molar-refractivity contribution in [3.63, 3.8) is 0 Å². The Morgan fingerprint density at radius 1 is 0.833 bits per heavy atom. The number of rotatable bonds is 4. The fraction of sp³-hybridized carbons (Fsp3) is 0.667. The van der Waals surface area contributed by atoms with E-state index in [-0.39, 0.29) is 23.7 Å². The van der Waals surface area contributed by atoms with Gasteiger partial charge in [0.2, 0.25) is 11.8 Å². The van der Waals surface area contributed by atoms with E-state index in [0.717, 1.165) is 51.4 Å². The highest BCUT2D eigenvalue weighted by Crippen LogP contribution is 2.26. The SMILES string of the molecule is O=C(Nc1cnnc(NC(=O)C2CCCCC2)c1)C1CCCCC1. The van der Waals surface area contributed by atoms with Gasteiger partial charge in [-0.25, -0.2) is 0 Å². The number of nitrogens with zero attached hydrogens (tertiary/aromatic N) is 2. The van der Waals surface area contributed by atoms with E-state index in [0.29, 0.717) is 11.5 Å². The minimum atomic E-state index is 0.0137. The zero-order valence-electron chi connectivity index (χ0n) is 14.1. The summed E-state index contributed by atoms with van der Waals surface area (Å²) in [6.45, 7) is 0. The smallest absolute Gasteiger partial charge is 0.228 e. The second kappa shape index (κ2) is 8.22.